The fraction of sp³-hybridized carbons (Fsp3) is 0.529. The monoisotopic (exact) mass is 286 g/mol. The van der Waals surface area contributed by atoms with Gasteiger partial charge in [-0.1, -0.05) is 12.8 Å². The van der Waals surface area contributed by atoms with Crippen molar-refractivity contribution in [3.63, 3.8) is 0 Å². The van der Waals surface area contributed by atoms with Gasteiger partial charge in [0, 0.05) is 31.2 Å². The van der Waals surface area contributed by atoms with Crippen LogP contribution in [0.25, 0.3) is 0 Å². The summed E-state index contributed by atoms with van der Waals surface area (Å²) in [6, 6.07) is 1.89. The topological polar surface area (TPSA) is 61.7 Å². The molecule has 1 fully saturated rings. The van der Waals surface area contributed by atoms with Crippen molar-refractivity contribution in [2.24, 2.45) is 10.9 Å². The molecule has 0 aromatic heterocycles. The summed E-state index contributed by atoms with van der Waals surface area (Å²) in [4.78, 5) is 15.8. The van der Waals surface area contributed by atoms with Crippen LogP contribution < -0.4 is 5.32 Å². The molecule has 0 radical (unpaired) electrons. The van der Waals surface area contributed by atoms with Crippen LogP contribution in [0.2, 0.25) is 0 Å². The van der Waals surface area contributed by atoms with Crippen molar-refractivity contribution in [3.05, 3.63) is 22.8 Å². The van der Waals surface area contributed by atoms with Gasteiger partial charge in [-0.05, 0) is 42.9 Å². The van der Waals surface area contributed by atoms with Crippen LogP contribution >= 0.6 is 0 Å². The lowest BCUT2D eigenvalue weighted by Gasteiger charge is -2.26. The van der Waals surface area contributed by atoms with Crippen molar-refractivity contribution >= 4 is 17.3 Å². The first kappa shape index (κ1) is 14.1. The Morgan fingerprint density at radius 3 is 2.62 bits per heavy atom. The molecule has 1 aromatic rings. The molecule has 2 N–H and O–H groups in total. The van der Waals surface area contributed by atoms with Crippen LogP contribution in [0.1, 0.15) is 55.2 Å². The average molecular weight is 286 g/mol. The SMILES string of the molecule is CN=C1c2c(O)c(NC(C)=O)cc(C)c2C2CCCCC12. The Kier molecular flexibility index (Phi) is 3.47. The third-order valence-corrected chi connectivity index (χ3v) is 4.84. The molecule has 0 saturated heterocycles. The van der Waals surface area contributed by atoms with E-state index in [0.717, 1.165) is 29.7 Å². The lowest BCUT2D eigenvalue weighted by molar-refractivity contribution is -0.114. The predicted molar refractivity (Wildman–Crippen MR) is 84.3 cm³/mol. The Morgan fingerprint density at radius 1 is 1.33 bits per heavy atom. The normalized spacial score (nSPS) is 25.6. The van der Waals surface area contributed by atoms with Gasteiger partial charge < -0.3 is 10.4 Å². The standard InChI is InChI=1S/C17H22N2O2/c1-9-8-13(19-10(2)20)17(21)15-14(9)11-6-4-5-7-12(11)16(15)18-3/h8,11-12,21H,4-7H2,1-3H3,(H,19,20). The molecule has 21 heavy (non-hydrogen) atoms. The molecule has 1 amide bonds. The number of amides is 1. The number of rotatable bonds is 1. The maximum atomic E-state index is 11.3. The minimum atomic E-state index is -0.171. The molecule has 112 valence electrons. The lowest BCUT2D eigenvalue weighted by Crippen LogP contribution is -2.18. The quantitative estimate of drug-likeness (QED) is 0.778. The van der Waals surface area contributed by atoms with Gasteiger partial charge in [0.25, 0.3) is 0 Å². The third kappa shape index (κ3) is 2.13. The van der Waals surface area contributed by atoms with E-state index in [9.17, 15) is 9.90 Å². The molecule has 1 saturated carbocycles. The van der Waals surface area contributed by atoms with Crippen molar-refractivity contribution in [2.45, 2.75) is 45.4 Å². The highest BCUT2D eigenvalue weighted by Crippen LogP contribution is 2.52. The summed E-state index contributed by atoms with van der Waals surface area (Å²) in [6.07, 6.45) is 4.77. The number of nitrogens with zero attached hydrogens (tertiary/aromatic N) is 1. The van der Waals surface area contributed by atoms with Gasteiger partial charge in [-0.15, -0.1) is 0 Å². The first-order valence-corrected chi connectivity index (χ1v) is 7.65. The van der Waals surface area contributed by atoms with Gasteiger partial charge in [0.1, 0.15) is 5.75 Å². The summed E-state index contributed by atoms with van der Waals surface area (Å²) in [5.74, 6) is 0.913. The van der Waals surface area contributed by atoms with E-state index < -0.39 is 0 Å². The van der Waals surface area contributed by atoms with Crippen LogP contribution in [0.5, 0.6) is 5.75 Å². The fourth-order valence-corrected chi connectivity index (χ4v) is 4.11. The van der Waals surface area contributed by atoms with E-state index in [1.54, 1.807) is 7.05 Å². The van der Waals surface area contributed by atoms with E-state index in [4.69, 9.17) is 0 Å². The molecular formula is C17H22N2O2. The smallest absolute Gasteiger partial charge is 0.221 e. The van der Waals surface area contributed by atoms with Gasteiger partial charge in [-0.2, -0.15) is 0 Å². The summed E-state index contributed by atoms with van der Waals surface area (Å²) in [7, 11) is 1.80. The molecule has 2 atom stereocenters. The molecule has 0 aliphatic heterocycles. The number of aromatic hydroxyl groups is 1. The molecule has 0 heterocycles. The molecule has 2 unspecified atom stereocenters. The Bertz CT molecular complexity index is 634. The Balaban J connectivity index is 2.19. The zero-order chi connectivity index (χ0) is 15.1. The highest BCUT2D eigenvalue weighted by molar-refractivity contribution is 6.11. The summed E-state index contributed by atoms with van der Waals surface area (Å²) in [5, 5.41) is 13.4. The molecule has 0 bridgehead atoms. The number of carbonyl (C=O) groups is 1. The van der Waals surface area contributed by atoms with Crippen LogP contribution in [-0.4, -0.2) is 23.8 Å². The van der Waals surface area contributed by atoms with Crippen LogP contribution in [0.15, 0.2) is 11.1 Å². The number of phenolic OH excluding ortho intramolecular Hbond substituents is 1. The van der Waals surface area contributed by atoms with Crippen molar-refractivity contribution in [3.8, 4) is 5.75 Å². The highest BCUT2D eigenvalue weighted by Gasteiger charge is 2.42. The first-order valence-electron chi connectivity index (χ1n) is 7.65. The Morgan fingerprint density at radius 2 is 2.00 bits per heavy atom. The van der Waals surface area contributed by atoms with E-state index in [2.05, 4.69) is 17.2 Å². The number of hydrogen-bond acceptors (Lipinski definition) is 3. The summed E-state index contributed by atoms with van der Waals surface area (Å²) < 4.78 is 0. The molecule has 2 aliphatic rings. The van der Waals surface area contributed by atoms with Crippen LogP contribution in [-0.2, 0) is 4.79 Å². The first-order chi connectivity index (χ1) is 10.0. The van der Waals surface area contributed by atoms with Crippen LogP contribution in [0, 0.1) is 12.8 Å². The molecular weight excluding hydrogens is 264 g/mol. The Hall–Kier alpha value is -1.84. The van der Waals surface area contributed by atoms with Crippen LogP contribution in [0.3, 0.4) is 0 Å². The van der Waals surface area contributed by atoms with Gasteiger partial charge in [-0.3, -0.25) is 9.79 Å². The summed E-state index contributed by atoms with van der Waals surface area (Å²) in [6.45, 7) is 3.52. The van der Waals surface area contributed by atoms with Gasteiger partial charge in [0.15, 0.2) is 0 Å². The average Bonchev–Trinajstić information content (AvgIpc) is 2.78. The van der Waals surface area contributed by atoms with Gasteiger partial charge in [-0.25, -0.2) is 0 Å². The number of anilines is 1. The van der Waals surface area contributed by atoms with E-state index in [0.29, 0.717) is 17.5 Å². The van der Waals surface area contributed by atoms with Gasteiger partial charge >= 0.3 is 0 Å². The number of benzene rings is 1. The van der Waals surface area contributed by atoms with Crippen molar-refractivity contribution in [1.82, 2.24) is 0 Å². The minimum Gasteiger partial charge on any atom is -0.505 e. The second-order valence-electron chi connectivity index (χ2n) is 6.17. The van der Waals surface area contributed by atoms with Crippen molar-refractivity contribution < 1.29 is 9.90 Å². The van der Waals surface area contributed by atoms with E-state index in [-0.39, 0.29) is 11.7 Å². The Labute approximate surface area is 125 Å². The number of aryl methyl sites for hydroxylation is 1. The second-order valence-corrected chi connectivity index (χ2v) is 6.17. The van der Waals surface area contributed by atoms with Gasteiger partial charge in [0.05, 0.1) is 5.69 Å². The largest absolute Gasteiger partial charge is 0.505 e. The number of nitrogens with one attached hydrogen (secondary N) is 1. The third-order valence-electron chi connectivity index (χ3n) is 4.84. The number of aliphatic imine (C=N–C) groups is 1. The lowest BCUT2D eigenvalue weighted by atomic mass is 9.78. The summed E-state index contributed by atoms with van der Waals surface area (Å²) >= 11 is 0. The molecule has 3 rings (SSSR count). The zero-order valence-electron chi connectivity index (χ0n) is 12.9. The number of phenols is 1. The molecule has 2 aliphatic carbocycles. The van der Waals surface area contributed by atoms with Gasteiger partial charge in [0.2, 0.25) is 5.91 Å². The maximum Gasteiger partial charge on any atom is 0.221 e. The molecule has 4 heteroatoms. The summed E-state index contributed by atoms with van der Waals surface area (Å²) in [5.41, 5.74) is 4.77. The highest BCUT2D eigenvalue weighted by atomic mass is 16.3. The van der Waals surface area contributed by atoms with Crippen molar-refractivity contribution in [1.29, 1.82) is 0 Å². The number of fused-ring (bicyclic) bond motifs is 3. The van der Waals surface area contributed by atoms with E-state index >= 15 is 0 Å². The fourth-order valence-electron chi connectivity index (χ4n) is 4.11. The molecule has 4 nitrogen and oxygen atoms in total. The number of carbonyl (C=O) groups excluding carboxylic acids is 1. The minimum absolute atomic E-state index is 0.171. The molecule has 0 spiro atoms. The maximum absolute atomic E-state index is 11.3. The molecule has 1 aromatic carbocycles. The van der Waals surface area contributed by atoms with Crippen molar-refractivity contribution in [2.75, 3.05) is 12.4 Å². The predicted octanol–water partition coefficient (Wildman–Crippen LogP) is 3.37. The number of hydrogen-bond donors (Lipinski definition) is 2. The van der Waals surface area contributed by atoms with Crippen LogP contribution in [0.4, 0.5) is 5.69 Å². The zero-order valence-corrected chi connectivity index (χ0v) is 12.9. The van der Waals surface area contributed by atoms with E-state index in [1.165, 1.54) is 25.3 Å². The second kappa shape index (κ2) is 5.17. The van der Waals surface area contributed by atoms with E-state index in [1.807, 2.05) is 6.07 Å².